The van der Waals surface area contributed by atoms with E-state index in [1.165, 1.54) is 18.2 Å². The number of halogens is 2. The lowest BCUT2D eigenvalue weighted by molar-refractivity contribution is 0.600. The SMILES string of the molecule is O=c1ccc(S(=O)(=O)Nc2c(Cl)cccc2Cl)c[nH]1. The summed E-state index contributed by atoms with van der Waals surface area (Å²) in [4.78, 5) is 13.1. The number of H-pyrrole nitrogens is 1. The number of nitrogens with one attached hydrogen (secondary N) is 2. The first kappa shape index (κ1) is 13.9. The van der Waals surface area contributed by atoms with Gasteiger partial charge in [0, 0.05) is 12.3 Å². The second-order valence-electron chi connectivity index (χ2n) is 3.59. The molecule has 1 aromatic heterocycles. The van der Waals surface area contributed by atoms with Gasteiger partial charge in [-0.3, -0.25) is 9.52 Å². The number of aromatic amines is 1. The van der Waals surface area contributed by atoms with Crippen LogP contribution in [0.1, 0.15) is 0 Å². The average molecular weight is 319 g/mol. The van der Waals surface area contributed by atoms with Gasteiger partial charge in [-0.2, -0.15) is 0 Å². The van der Waals surface area contributed by atoms with Crippen LogP contribution < -0.4 is 10.3 Å². The predicted octanol–water partition coefficient (Wildman–Crippen LogP) is 2.48. The standard InChI is InChI=1S/C11H8Cl2N2O3S/c12-8-2-1-3-9(13)11(8)15-19(17,18)7-4-5-10(16)14-6-7/h1-6,15H,(H,14,16). The summed E-state index contributed by atoms with van der Waals surface area (Å²) in [6.07, 6.45) is 1.09. The molecule has 0 aliphatic carbocycles. The van der Waals surface area contributed by atoms with E-state index < -0.39 is 15.6 Å². The molecule has 2 N–H and O–H groups in total. The molecule has 100 valence electrons. The summed E-state index contributed by atoms with van der Waals surface area (Å²) in [5.41, 5.74) is -0.299. The van der Waals surface area contributed by atoms with E-state index in [9.17, 15) is 13.2 Å². The zero-order valence-electron chi connectivity index (χ0n) is 9.35. The monoisotopic (exact) mass is 318 g/mol. The van der Waals surface area contributed by atoms with Crippen molar-refractivity contribution in [2.75, 3.05) is 4.72 Å². The summed E-state index contributed by atoms with van der Waals surface area (Å²) >= 11 is 11.8. The minimum absolute atomic E-state index is 0.0944. The fraction of sp³-hybridized carbons (Fsp3) is 0. The van der Waals surface area contributed by atoms with Gasteiger partial charge in [-0.1, -0.05) is 29.3 Å². The van der Waals surface area contributed by atoms with Crippen LogP contribution >= 0.6 is 23.2 Å². The van der Waals surface area contributed by atoms with Crippen molar-refractivity contribution in [1.29, 1.82) is 0 Å². The summed E-state index contributed by atoms with van der Waals surface area (Å²) in [6.45, 7) is 0. The molecule has 8 heteroatoms. The van der Waals surface area contributed by atoms with Crippen molar-refractivity contribution in [2.45, 2.75) is 4.90 Å². The quantitative estimate of drug-likeness (QED) is 0.912. The molecule has 2 aromatic rings. The van der Waals surface area contributed by atoms with E-state index in [1.807, 2.05) is 0 Å². The first-order valence-corrected chi connectivity index (χ1v) is 7.29. The molecule has 0 atom stereocenters. The molecule has 0 unspecified atom stereocenters. The van der Waals surface area contributed by atoms with E-state index in [0.717, 1.165) is 12.3 Å². The third kappa shape index (κ3) is 3.09. The van der Waals surface area contributed by atoms with Crippen molar-refractivity contribution < 1.29 is 8.42 Å². The van der Waals surface area contributed by atoms with Crippen LogP contribution in [0.15, 0.2) is 46.2 Å². The fourth-order valence-corrected chi connectivity index (χ4v) is 3.02. The van der Waals surface area contributed by atoms with Crippen molar-refractivity contribution in [2.24, 2.45) is 0 Å². The first-order valence-electron chi connectivity index (χ1n) is 5.06. The van der Waals surface area contributed by atoms with Gasteiger partial charge in [-0.15, -0.1) is 0 Å². The highest BCUT2D eigenvalue weighted by atomic mass is 35.5. The smallest absolute Gasteiger partial charge is 0.263 e. The summed E-state index contributed by atoms with van der Waals surface area (Å²) in [7, 11) is -3.86. The Balaban J connectivity index is 2.42. The van der Waals surface area contributed by atoms with Crippen LogP contribution in [0.2, 0.25) is 10.0 Å². The summed E-state index contributed by atoms with van der Waals surface area (Å²) in [5.74, 6) is 0. The lowest BCUT2D eigenvalue weighted by atomic mass is 10.3. The van der Waals surface area contributed by atoms with Crippen LogP contribution in [0.25, 0.3) is 0 Å². The maximum atomic E-state index is 12.1. The molecule has 0 spiro atoms. The average Bonchev–Trinajstić information content (AvgIpc) is 2.35. The molecule has 0 aliphatic rings. The largest absolute Gasteiger partial charge is 0.328 e. The lowest BCUT2D eigenvalue weighted by Crippen LogP contribution is -2.15. The van der Waals surface area contributed by atoms with E-state index in [-0.39, 0.29) is 20.6 Å². The number of aromatic nitrogens is 1. The zero-order chi connectivity index (χ0) is 14.0. The van der Waals surface area contributed by atoms with Crippen LogP contribution in [0, 0.1) is 0 Å². The van der Waals surface area contributed by atoms with Gasteiger partial charge in [0.1, 0.15) is 4.90 Å². The van der Waals surface area contributed by atoms with Gasteiger partial charge < -0.3 is 4.98 Å². The molecule has 1 heterocycles. The molecular formula is C11H8Cl2N2O3S. The van der Waals surface area contributed by atoms with Gasteiger partial charge in [-0.25, -0.2) is 8.42 Å². The first-order chi connectivity index (χ1) is 8.90. The van der Waals surface area contributed by atoms with Crippen LogP contribution in [0.5, 0.6) is 0 Å². The molecule has 5 nitrogen and oxygen atoms in total. The van der Waals surface area contributed by atoms with Crippen molar-refractivity contribution in [3.8, 4) is 0 Å². The van der Waals surface area contributed by atoms with Crippen LogP contribution in [-0.4, -0.2) is 13.4 Å². The van der Waals surface area contributed by atoms with E-state index in [4.69, 9.17) is 23.2 Å². The summed E-state index contributed by atoms with van der Waals surface area (Å²) in [5, 5.41) is 0.362. The third-order valence-corrected chi connectivity index (χ3v) is 4.24. The second-order valence-corrected chi connectivity index (χ2v) is 6.09. The van der Waals surface area contributed by atoms with Gasteiger partial charge in [0.25, 0.3) is 10.0 Å². The third-order valence-electron chi connectivity index (χ3n) is 2.27. The highest BCUT2D eigenvalue weighted by Gasteiger charge is 2.17. The van der Waals surface area contributed by atoms with Gasteiger partial charge in [0.05, 0.1) is 15.7 Å². The van der Waals surface area contributed by atoms with Gasteiger partial charge >= 0.3 is 0 Å². The van der Waals surface area contributed by atoms with Gasteiger partial charge in [-0.05, 0) is 18.2 Å². The molecule has 19 heavy (non-hydrogen) atoms. The zero-order valence-corrected chi connectivity index (χ0v) is 11.7. The summed E-state index contributed by atoms with van der Waals surface area (Å²) in [6, 6.07) is 6.92. The molecular weight excluding hydrogens is 311 g/mol. The Labute approximate surface area is 119 Å². The second kappa shape index (κ2) is 5.24. The molecule has 0 saturated heterocycles. The minimum Gasteiger partial charge on any atom is -0.328 e. The number of para-hydroxylation sites is 1. The lowest BCUT2D eigenvalue weighted by Gasteiger charge is -2.10. The van der Waals surface area contributed by atoms with Crippen molar-refractivity contribution in [3.63, 3.8) is 0 Å². The molecule has 2 rings (SSSR count). The fourth-order valence-electron chi connectivity index (χ4n) is 1.35. The molecule has 0 saturated carbocycles. The normalized spacial score (nSPS) is 11.3. The maximum Gasteiger partial charge on any atom is 0.263 e. The van der Waals surface area contributed by atoms with E-state index in [1.54, 1.807) is 6.07 Å². The maximum absolute atomic E-state index is 12.1. The molecule has 0 amide bonds. The number of rotatable bonds is 3. The number of benzene rings is 1. The summed E-state index contributed by atoms with van der Waals surface area (Å²) < 4.78 is 26.4. The van der Waals surface area contributed by atoms with Crippen molar-refractivity contribution in [3.05, 3.63) is 56.9 Å². The van der Waals surface area contributed by atoms with E-state index in [2.05, 4.69) is 9.71 Å². The van der Waals surface area contributed by atoms with E-state index >= 15 is 0 Å². The van der Waals surface area contributed by atoms with E-state index in [0.29, 0.717) is 0 Å². The molecule has 0 bridgehead atoms. The molecule has 0 aliphatic heterocycles. The highest BCUT2D eigenvalue weighted by Crippen LogP contribution is 2.31. The number of anilines is 1. The number of sulfonamides is 1. The predicted molar refractivity (Wildman–Crippen MR) is 74.3 cm³/mol. The van der Waals surface area contributed by atoms with Crippen molar-refractivity contribution >= 4 is 38.9 Å². The van der Waals surface area contributed by atoms with Gasteiger partial charge in [0.15, 0.2) is 0 Å². The Kier molecular flexibility index (Phi) is 3.84. The van der Waals surface area contributed by atoms with Crippen LogP contribution in [-0.2, 0) is 10.0 Å². The molecule has 1 aromatic carbocycles. The number of pyridine rings is 1. The number of hydrogen-bond acceptors (Lipinski definition) is 3. The Morgan fingerprint density at radius 1 is 1.05 bits per heavy atom. The van der Waals surface area contributed by atoms with Gasteiger partial charge in [0.2, 0.25) is 5.56 Å². The Bertz CT molecular complexity index is 731. The molecule has 0 radical (unpaired) electrons. The topological polar surface area (TPSA) is 79.0 Å². The minimum atomic E-state index is -3.86. The molecule has 0 fully saturated rings. The van der Waals surface area contributed by atoms with Crippen molar-refractivity contribution in [1.82, 2.24) is 4.98 Å². The number of hydrogen-bond donors (Lipinski definition) is 2. The Hall–Kier alpha value is -1.50. The van der Waals surface area contributed by atoms with Crippen LogP contribution in [0.4, 0.5) is 5.69 Å². The highest BCUT2D eigenvalue weighted by molar-refractivity contribution is 7.92. The Morgan fingerprint density at radius 3 is 2.21 bits per heavy atom. The Morgan fingerprint density at radius 2 is 1.68 bits per heavy atom. The van der Waals surface area contributed by atoms with Crippen LogP contribution in [0.3, 0.4) is 0 Å².